The Morgan fingerprint density at radius 3 is 2.68 bits per heavy atom. The van der Waals surface area contributed by atoms with Crippen LogP contribution in [0.25, 0.3) is 11.3 Å². The van der Waals surface area contributed by atoms with E-state index in [9.17, 15) is 0 Å². The maximum Gasteiger partial charge on any atom is 0.191 e. The van der Waals surface area contributed by atoms with Gasteiger partial charge in [-0.2, -0.15) is 0 Å². The van der Waals surface area contributed by atoms with Crippen molar-refractivity contribution in [3.63, 3.8) is 0 Å². The van der Waals surface area contributed by atoms with E-state index >= 15 is 0 Å². The predicted octanol–water partition coefficient (Wildman–Crippen LogP) is 3.43. The molecule has 1 saturated heterocycles. The number of likely N-dealkylation sites (tertiary alicyclic amines) is 1. The first-order valence-electron chi connectivity index (χ1n) is 10.6. The van der Waals surface area contributed by atoms with Gasteiger partial charge in [-0.1, -0.05) is 24.3 Å². The number of hydrogen-bond acceptors (Lipinski definition) is 3. The summed E-state index contributed by atoms with van der Waals surface area (Å²) in [4.78, 5) is 11.9. The first-order chi connectivity index (χ1) is 13.8. The van der Waals surface area contributed by atoms with Gasteiger partial charge in [-0.15, -0.1) is 0 Å². The molecule has 0 radical (unpaired) electrons. The van der Waals surface area contributed by atoms with Crippen LogP contribution in [0.15, 0.2) is 53.7 Å². The molecule has 2 aromatic rings. The van der Waals surface area contributed by atoms with Crippen LogP contribution in [0.4, 0.5) is 0 Å². The number of benzene rings is 1. The second-order valence-corrected chi connectivity index (χ2v) is 7.80. The Balaban J connectivity index is 1.37. The van der Waals surface area contributed by atoms with E-state index in [1.165, 1.54) is 44.3 Å². The summed E-state index contributed by atoms with van der Waals surface area (Å²) in [6, 6.07) is 15.9. The standard InChI is InChI=1S/C23H31N5/c1-2-24-23(27-20-11-14-28(15-12-20)21-9-10-21)26-17-18-6-5-7-19(16-18)22-8-3-4-13-25-22/h3-8,13,16,20-21H,2,9-12,14-15,17H2,1H3,(H2,24,26,27). The smallest absolute Gasteiger partial charge is 0.191 e. The van der Waals surface area contributed by atoms with E-state index in [1.54, 1.807) is 0 Å². The molecule has 0 unspecified atom stereocenters. The van der Waals surface area contributed by atoms with Gasteiger partial charge in [0.15, 0.2) is 5.96 Å². The van der Waals surface area contributed by atoms with Crippen molar-refractivity contribution in [1.82, 2.24) is 20.5 Å². The van der Waals surface area contributed by atoms with E-state index in [-0.39, 0.29) is 0 Å². The highest BCUT2D eigenvalue weighted by atomic mass is 15.2. The van der Waals surface area contributed by atoms with E-state index in [2.05, 4.69) is 51.7 Å². The minimum absolute atomic E-state index is 0.521. The van der Waals surface area contributed by atoms with Gasteiger partial charge in [0.2, 0.25) is 0 Å². The zero-order valence-electron chi connectivity index (χ0n) is 16.8. The van der Waals surface area contributed by atoms with Gasteiger partial charge in [0.1, 0.15) is 0 Å². The molecule has 2 fully saturated rings. The van der Waals surface area contributed by atoms with E-state index in [1.807, 2.05) is 24.4 Å². The van der Waals surface area contributed by atoms with Crippen LogP contribution in [0, 0.1) is 0 Å². The number of aliphatic imine (C=N–C) groups is 1. The zero-order chi connectivity index (χ0) is 19.2. The number of piperidine rings is 1. The summed E-state index contributed by atoms with van der Waals surface area (Å²) in [5.41, 5.74) is 3.34. The maximum atomic E-state index is 4.84. The molecule has 1 aliphatic heterocycles. The first-order valence-corrected chi connectivity index (χ1v) is 10.6. The summed E-state index contributed by atoms with van der Waals surface area (Å²) in [6.07, 6.45) is 7.05. The molecule has 1 aliphatic carbocycles. The third-order valence-corrected chi connectivity index (χ3v) is 5.59. The molecule has 0 spiro atoms. The minimum atomic E-state index is 0.521. The Morgan fingerprint density at radius 1 is 1.11 bits per heavy atom. The van der Waals surface area contributed by atoms with E-state index < -0.39 is 0 Å². The zero-order valence-corrected chi connectivity index (χ0v) is 16.8. The largest absolute Gasteiger partial charge is 0.357 e. The van der Waals surface area contributed by atoms with Gasteiger partial charge in [0.05, 0.1) is 12.2 Å². The van der Waals surface area contributed by atoms with Crippen LogP contribution in [0.1, 0.15) is 38.2 Å². The first kappa shape index (κ1) is 18.9. The maximum absolute atomic E-state index is 4.84. The number of nitrogens with one attached hydrogen (secondary N) is 2. The van der Waals surface area contributed by atoms with Crippen LogP contribution in [0.5, 0.6) is 0 Å². The molecule has 1 aromatic carbocycles. The summed E-state index contributed by atoms with van der Waals surface area (Å²) < 4.78 is 0. The van der Waals surface area contributed by atoms with Crippen LogP contribution >= 0.6 is 0 Å². The van der Waals surface area contributed by atoms with Crippen LogP contribution in [-0.4, -0.2) is 47.6 Å². The number of hydrogen-bond donors (Lipinski definition) is 2. The molecule has 2 heterocycles. The third-order valence-electron chi connectivity index (χ3n) is 5.59. The molecule has 5 heteroatoms. The number of pyridine rings is 1. The fourth-order valence-electron chi connectivity index (χ4n) is 3.89. The lowest BCUT2D eigenvalue weighted by Crippen LogP contribution is -2.49. The highest BCUT2D eigenvalue weighted by Crippen LogP contribution is 2.29. The van der Waals surface area contributed by atoms with Crippen LogP contribution in [0.2, 0.25) is 0 Å². The molecule has 1 aromatic heterocycles. The van der Waals surface area contributed by atoms with Crippen molar-refractivity contribution in [2.75, 3.05) is 19.6 Å². The predicted molar refractivity (Wildman–Crippen MR) is 115 cm³/mol. The van der Waals surface area contributed by atoms with Gasteiger partial charge >= 0.3 is 0 Å². The lowest BCUT2D eigenvalue weighted by Gasteiger charge is -2.33. The number of nitrogens with zero attached hydrogens (tertiary/aromatic N) is 3. The topological polar surface area (TPSA) is 52.6 Å². The molecule has 4 rings (SSSR count). The number of guanidine groups is 1. The molecule has 0 atom stereocenters. The van der Waals surface area contributed by atoms with Crippen molar-refractivity contribution in [2.24, 2.45) is 4.99 Å². The monoisotopic (exact) mass is 377 g/mol. The van der Waals surface area contributed by atoms with Gasteiger partial charge < -0.3 is 15.5 Å². The Labute approximate surface area is 168 Å². The number of rotatable bonds is 6. The lowest BCUT2D eigenvalue weighted by molar-refractivity contribution is 0.197. The summed E-state index contributed by atoms with van der Waals surface area (Å²) in [5, 5.41) is 7.06. The molecule has 148 valence electrons. The van der Waals surface area contributed by atoms with Crippen LogP contribution < -0.4 is 10.6 Å². The Bertz CT molecular complexity index is 777. The van der Waals surface area contributed by atoms with E-state index in [0.717, 1.165) is 29.8 Å². The summed E-state index contributed by atoms with van der Waals surface area (Å²) in [5.74, 6) is 0.926. The normalized spacial score (nSPS) is 18.8. The second kappa shape index (κ2) is 9.20. The average Bonchev–Trinajstić information content (AvgIpc) is 3.59. The summed E-state index contributed by atoms with van der Waals surface area (Å²) in [7, 11) is 0. The minimum Gasteiger partial charge on any atom is -0.357 e. The van der Waals surface area contributed by atoms with Crippen molar-refractivity contribution in [3.05, 3.63) is 54.2 Å². The molecule has 28 heavy (non-hydrogen) atoms. The lowest BCUT2D eigenvalue weighted by atomic mass is 10.1. The molecule has 0 bridgehead atoms. The Hall–Kier alpha value is -2.40. The van der Waals surface area contributed by atoms with E-state index in [0.29, 0.717) is 12.6 Å². The van der Waals surface area contributed by atoms with Gasteiger partial charge in [0, 0.05) is 43.5 Å². The molecule has 2 N–H and O–H groups in total. The second-order valence-electron chi connectivity index (χ2n) is 7.80. The van der Waals surface area contributed by atoms with Crippen LogP contribution in [0.3, 0.4) is 0 Å². The fraction of sp³-hybridized carbons (Fsp3) is 0.478. The summed E-state index contributed by atoms with van der Waals surface area (Å²) in [6.45, 7) is 6.09. The molecule has 1 saturated carbocycles. The molecular weight excluding hydrogens is 346 g/mol. The Kier molecular flexibility index (Phi) is 6.22. The third kappa shape index (κ3) is 5.10. The molecular formula is C23H31N5. The van der Waals surface area contributed by atoms with Gasteiger partial charge in [0.25, 0.3) is 0 Å². The van der Waals surface area contributed by atoms with Crippen molar-refractivity contribution in [1.29, 1.82) is 0 Å². The van der Waals surface area contributed by atoms with Gasteiger partial charge in [-0.05, 0) is 56.4 Å². The van der Waals surface area contributed by atoms with Crippen molar-refractivity contribution >= 4 is 5.96 Å². The highest BCUT2D eigenvalue weighted by Gasteiger charge is 2.31. The van der Waals surface area contributed by atoms with Crippen molar-refractivity contribution < 1.29 is 0 Å². The fourth-order valence-corrected chi connectivity index (χ4v) is 3.89. The van der Waals surface area contributed by atoms with Crippen LogP contribution in [-0.2, 0) is 6.54 Å². The van der Waals surface area contributed by atoms with Gasteiger partial charge in [-0.25, -0.2) is 4.99 Å². The number of aromatic nitrogens is 1. The molecule has 5 nitrogen and oxygen atoms in total. The molecule has 0 amide bonds. The van der Waals surface area contributed by atoms with Crippen molar-refractivity contribution in [3.8, 4) is 11.3 Å². The molecule has 2 aliphatic rings. The SMILES string of the molecule is CCNC(=NCc1cccc(-c2ccccn2)c1)NC1CCN(C2CC2)CC1. The average molecular weight is 378 g/mol. The van der Waals surface area contributed by atoms with E-state index in [4.69, 9.17) is 4.99 Å². The van der Waals surface area contributed by atoms with Gasteiger partial charge in [-0.3, -0.25) is 4.98 Å². The summed E-state index contributed by atoms with van der Waals surface area (Å²) >= 11 is 0. The highest BCUT2D eigenvalue weighted by molar-refractivity contribution is 5.80. The quantitative estimate of drug-likeness (QED) is 0.598. The van der Waals surface area contributed by atoms with Crippen molar-refractivity contribution in [2.45, 2.75) is 51.2 Å². The Morgan fingerprint density at radius 2 is 1.96 bits per heavy atom.